The largest absolute Gasteiger partial charge is 0.468 e. The lowest BCUT2D eigenvalue weighted by atomic mass is 9.82. The second-order valence-corrected chi connectivity index (χ2v) is 7.66. The van der Waals surface area contributed by atoms with Crippen molar-refractivity contribution in [3.05, 3.63) is 64.7 Å². The number of alkyl halides is 3. The predicted molar refractivity (Wildman–Crippen MR) is 110 cm³/mol. The number of hydrazone groups is 1. The molecule has 2 aromatic carbocycles. The zero-order valence-corrected chi connectivity index (χ0v) is 17.7. The molecule has 0 fully saturated rings. The lowest BCUT2D eigenvalue weighted by molar-refractivity contribution is -0.147. The Bertz CT molecular complexity index is 1020. The van der Waals surface area contributed by atoms with Gasteiger partial charge in [0.2, 0.25) is 0 Å². The number of amides is 2. The number of anilines is 1. The van der Waals surface area contributed by atoms with Gasteiger partial charge in [0.15, 0.2) is 0 Å². The van der Waals surface area contributed by atoms with Gasteiger partial charge in [-0.2, -0.15) is 18.3 Å². The van der Waals surface area contributed by atoms with E-state index in [2.05, 4.69) is 5.10 Å². The average Bonchev–Trinajstić information content (AvgIpc) is 3.10. The van der Waals surface area contributed by atoms with Crippen molar-refractivity contribution in [1.82, 2.24) is 5.01 Å². The van der Waals surface area contributed by atoms with Crippen LogP contribution in [0.4, 0.5) is 23.7 Å². The fourth-order valence-electron chi connectivity index (χ4n) is 3.28. The van der Waals surface area contributed by atoms with Crippen molar-refractivity contribution < 1.29 is 27.5 Å². The standard InChI is InChI=1S/C21H19ClF3N3O3/c1-20(18(29)31-3)12-28(26-17(20)13-4-8-15(22)9-5-13)19(30)27(2)16-10-6-14(7-11-16)21(23,24)25/h4-11H,12H2,1-3H3. The number of carbonyl (C=O) groups is 2. The molecule has 6 nitrogen and oxygen atoms in total. The zero-order chi connectivity index (χ0) is 23.0. The molecule has 0 aromatic heterocycles. The molecule has 2 amide bonds. The minimum absolute atomic E-state index is 0.0958. The van der Waals surface area contributed by atoms with Gasteiger partial charge < -0.3 is 4.74 Å². The molecule has 0 spiro atoms. The van der Waals surface area contributed by atoms with Crippen LogP contribution >= 0.6 is 11.6 Å². The van der Waals surface area contributed by atoms with Gasteiger partial charge in [-0.3, -0.25) is 9.69 Å². The molecule has 2 aromatic rings. The first-order chi connectivity index (χ1) is 14.5. The van der Waals surface area contributed by atoms with Crippen molar-refractivity contribution in [3.63, 3.8) is 0 Å². The van der Waals surface area contributed by atoms with Crippen LogP contribution in [0.25, 0.3) is 0 Å². The summed E-state index contributed by atoms with van der Waals surface area (Å²) in [5.41, 5.74) is -0.901. The Morgan fingerprint density at radius 3 is 2.23 bits per heavy atom. The van der Waals surface area contributed by atoms with E-state index in [1.807, 2.05) is 0 Å². The molecule has 1 aliphatic heterocycles. The number of hydrogen-bond acceptors (Lipinski definition) is 4. The highest BCUT2D eigenvalue weighted by molar-refractivity contribution is 6.30. The number of hydrogen-bond donors (Lipinski definition) is 0. The van der Waals surface area contributed by atoms with E-state index in [-0.39, 0.29) is 12.2 Å². The minimum atomic E-state index is -4.48. The summed E-state index contributed by atoms with van der Waals surface area (Å²) >= 11 is 5.93. The Kier molecular flexibility index (Phi) is 6.00. The lowest BCUT2D eigenvalue weighted by Crippen LogP contribution is -2.44. The molecule has 1 aliphatic rings. The van der Waals surface area contributed by atoms with Crippen molar-refractivity contribution >= 4 is 35.0 Å². The fourth-order valence-corrected chi connectivity index (χ4v) is 3.41. The van der Waals surface area contributed by atoms with Crippen LogP contribution in [0.5, 0.6) is 0 Å². The van der Waals surface area contributed by atoms with Gasteiger partial charge in [0.05, 0.1) is 24.9 Å². The number of nitrogens with zero attached hydrogens (tertiary/aromatic N) is 3. The number of carbonyl (C=O) groups excluding carboxylic acids is 2. The molecular weight excluding hydrogens is 435 g/mol. The Labute approximate surface area is 181 Å². The zero-order valence-electron chi connectivity index (χ0n) is 16.9. The molecular formula is C21H19ClF3N3O3. The smallest absolute Gasteiger partial charge is 0.416 e. The van der Waals surface area contributed by atoms with E-state index in [0.29, 0.717) is 16.3 Å². The van der Waals surface area contributed by atoms with Crippen LogP contribution in [0, 0.1) is 5.41 Å². The third kappa shape index (κ3) is 4.36. The maximum absolute atomic E-state index is 13.0. The van der Waals surface area contributed by atoms with E-state index >= 15 is 0 Å². The SMILES string of the molecule is COC(=O)C1(C)CN(C(=O)N(C)c2ccc(C(F)(F)F)cc2)N=C1c1ccc(Cl)cc1. The first kappa shape index (κ1) is 22.6. The van der Waals surface area contributed by atoms with Crippen LogP contribution < -0.4 is 4.90 Å². The number of benzene rings is 2. The van der Waals surface area contributed by atoms with Crippen LogP contribution in [0.2, 0.25) is 5.02 Å². The maximum atomic E-state index is 13.0. The first-order valence-corrected chi connectivity index (χ1v) is 9.51. The van der Waals surface area contributed by atoms with Crippen molar-refractivity contribution in [2.24, 2.45) is 10.5 Å². The summed E-state index contributed by atoms with van der Waals surface area (Å²) in [5.74, 6) is -0.575. The molecule has 31 heavy (non-hydrogen) atoms. The molecule has 0 bridgehead atoms. The molecule has 164 valence electrons. The molecule has 0 aliphatic carbocycles. The van der Waals surface area contributed by atoms with Crippen LogP contribution in [-0.2, 0) is 15.7 Å². The second kappa shape index (κ2) is 8.22. The lowest BCUT2D eigenvalue weighted by Gasteiger charge is -2.25. The van der Waals surface area contributed by atoms with Crippen molar-refractivity contribution in [1.29, 1.82) is 0 Å². The van der Waals surface area contributed by atoms with E-state index in [4.69, 9.17) is 16.3 Å². The van der Waals surface area contributed by atoms with E-state index in [1.165, 1.54) is 26.3 Å². The monoisotopic (exact) mass is 453 g/mol. The van der Waals surface area contributed by atoms with Crippen molar-refractivity contribution in [2.45, 2.75) is 13.1 Å². The summed E-state index contributed by atoms with van der Waals surface area (Å²) in [6.07, 6.45) is -4.48. The number of urea groups is 1. The Morgan fingerprint density at radius 1 is 1.13 bits per heavy atom. The third-order valence-corrected chi connectivity index (χ3v) is 5.30. The summed E-state index contributed by atoms with van der Waals surface area (Å²) in [5, 5.41) is 5.94. The summed E-state index contributed by atoms with van der Waals surface area (Å²) in [6, 6.07) is 10.2. The Hall–Kier alpha value is -3.07. The van der Waals surface area contributed by atoms with Gasteiger partial charge in [-0.15, -0.1) is 0 Å². The van der Waals surface area contributed by atoms with E-state index in [0.717, 1.165) is 22.0 Å². The fraction of sp³-hybridized carbons (Fsp3) is 0.286. The maximum Gasteiger partial charge on any atom is 0.416 e. The number of halogens is 4. The molecule has 0 saturated carbocycles. The van der Waals surface area contributed by atoms with Gasteiger partial charge in [-0.05, 0) is 48.9 Å². The van der Waals surface area contributed by atoms with Gasteiger partial charge in [-0.25, -0.2) is 9.80 Å². The van der Waals surface area contributed by atoms with E-state index < -0.39 is 29.2 Å². The first-order valence-electron chi connectivity index (χ1n) is 9.13. The van der Waals surface area contributed by atoms with Gasteiger partial charge >= 0.3 is 18.2 Å². The third-order valence-electron chi connectivity index (χ3n) is 5.05. The van der Waals surface area contributed by atoms with Gasteiger partial charge in [0.25, 0.3) is 0 Å². The number of ether oxygens (including phenoxy) is 1. The molecule has 0 saturated heterocycles. The Balaban J connectivity index is 1.91. The molecule has 3 rings (SSSR count). The second-order valence-electron chi connectivity index (χ2n) is 7.22. The highest BCUT2D eigenvalue weighted by Crippen LogP contribution is 2.34. The minimum Gasteiger partial charge on any atom is -0.468 e. The Morgan fingerprint density at radius 2 is 1.71 bits per heavy atom. The molecule has 0 radical (unpaired) electrons. The van der Waals surface area contributed by atoms with E-state index in [9.17, 15) is 22.8 Å². The summed E-state index contributed by atoms with van der Waals surface area (Å²) < 4.78 is 43.3. The summed E-state index contributed by atoms with van der Waals surface area (Å²) in [4.78, 5) is 26.7. The van der Waals surface area contributed by atoms with Gasteiger partial charge in [-0.1, -0.05) is 23.7 Å². The average molecular weight is 454 g/mol. The number of methoxy groups -OCH3 is 1. The topological polar surface area (TPSA) is 62.2 Å². The highest BCUT2D eigenvalue weighted by atomic mass is 35.5. The molecule has 0 N–H and O–H groups in total. The van der Waals surface area contributed by atoms with Gasteiger partial charge in [0, 0.05) is 17.8 Å². The van der Waals surface area contributed by atoms with Crippen molar-refractivity contribution in [2.75, 3.05) is 25.6 Å². The normalized spacial score (nSPS) is 18.5. The van der Waals surface area contributed by atoms with Crippen molar-refractivity contribution in [3.8, 4) is 0 Å². The van der Waals surface area contributed by atoms with Crippen LogP contribution in [0.15, 0.2) is 53.6 Å². The number of esters is 1. The summed E-state index contributed by atoms with van der Waals surface area (Å²) in [6.45, 7) is 1.51. The highest BCUT2D eigenvalue weighted by Gasteiger charge is 2.48. The molecule has 1 heterocycles. The molecule has 10 heteroatoms. The quantitative estimate of drug-likeness (QED) is 0.626. The van der Waals surface area contributed by atoms with Crippen LogP contribution in [0.1, 0.15) is 18.1 Å². The molecule has 1 atom stereocenters. The van der Waals surface area contributed by atoms with Crippen LogP contribution in [0.3, 0.4) is 0 Å². The van der Waals surface area contributed by atoms with Crippen LogP contribution in [-0.4, -0.2) is 43.4 Å². The summed E-state index contributed by atoms with van der Waals surface area (Å²) in [7, 11) is 2.65. The predicted octanol–water partition coefficient (Wildman–Crippen LogP) is 4.81. The van der Waals surface area contributed by atoms with Gasteiger partial charge in [0.1, 0.15) is 5.41 Å². The molecule has 1 unspecified atom stereocenters. The van der Waals surface area contributed by atoms with E-state index in [1.54, 1.807) is 31.2 Å². The number of rotatable bonds is 3.